The Morgan fingerprint density at radius 2 is 0.914 bits per heavy atom. The minimum atomic E-state index is 0.920. The van der Waals surface area contributed by atoms with Crippen molar-refractivity contribution in [2.45, 2.75) is 6.42 Å². The van der Waals surface area contributed by atoms with E-state index in [1.807, 2.05) is 104 Å². The topological polar surface area (TPSA) is 126 Å². The zero-order valence-corrected chi connectivity index (χ0v) is 32.4. The van der Waals surface area contributed by atoms with Crippen molar-refractivity contribution < 1.29 is 0 Å². The monoisotopic (exact) mass is 817 g/mol. The van der Waals surface area contributed by atoms with Gasteiger partial charge in [-0.25, -0.2) is 29.9 Å². The van der Waals surface area contributed by atoms with Crippen LogP contribution in [0.3, 0.4) is 0 Å². The van der Waals surface area contributed by atoms with E-state index in [4.69, 9.17) is 0 Å². The SMILES string of the molecule is Brc1ccc2cnccc2c1.C1=Cc2cncnc2C1.c1cc2cc(-n3ccc4cncnc43)ccc2cn1.c1cc2cc(-n3ccc4cncnc43)ccc2cn1. The molecule has 58 heavy (non-hydrogen) atoms. The highest BCUT2D eigenvalue weighted by Crippen LogP contribution is 2.23. The number of hydrogen-bond donors (Lipinski definition) is 0. The summed E-state index contributed by atoms with van der Waals surface area (Å²) in [5.74, 6) is 0. The summed E-state index contributed by atoms with van der Waals surface area (Å²) in [4.78, 5) is 37.0. The van der Waals surface area contributed by atoms with Crippen LogP contribution in [-0.4, -0.2) is 54.0 Å². The van der Waals surface area contributed by atoms with Gasteiger partial charge in [0, 0.05) is 123 Å². The van der Waals surface area contributed by atoms with E-state index in [1.165, 1.54) is 21.5 Å². The van der Waals surface area contributed by atoms with E-state index in [9.17, 15) is 0 Å². The van der Waals surface area contributed by atoms with E-state index in [0.29, 0.717) is 0 Å². The molecule has 0 bridgehead atoms. The molecule has 0 N–H and O–H groups in total. The number of rotatable bonds is 2. The van der Waals surface area contributed by atoms with Crippen LogP contribution >= 0.6 is 15.9 Å². The average molecular weight is 819 g/mol. The molecule has 8 aromatic heterocycles. The Bertz CT molecular complexity index is 3060. The maximum Gasteiger partial charge on any atom is 0.147 e. The summed E-state index contributed by atoms with van der Waals surface area (Å²) in [6, 6.07) is 28.8. The highest BCUT2D eigenvalue weighted by atomic mass is 79.9. The lowest BCUT2D eigenvalue weighted by molar-refractivity contribution is 1.06. The number of benzene rings is 3. The molecule has 12 rings (SSSR count). The van der Waals surface area contributed by atoms with Gasteiger partial charge in [0.1, 0.15) is 30.3 Å². The third-order valence-corrected chi connectivity index (χ3v) is 10.0. The lowest BCUT2D eigenvalue weighted by Gasteiger charge is -2.06. The smallest absolute Gasteiger partial charge is 0.147 e. The average Bonchev–Trinajstić information content (AvgIpc) is 4.06. The van der Waals surface area contributed by atoms with Crippen molar-refractivity contribution in [3.05, 3.63) is 194 Å². The van der Waals surface area contributed by atoms with Gasteiger partial charge in [-0.2, -0.15) is 0 Å². The molecule has 0 saturated carbocycles. The van der Waals surface area contributed by atoms with Crippen molar-refractivity contribution in [1.82, 2.24) is 54.0 Å². The first-order valence-corrected chi connectivity index (χ1v) is 19.1. The molecule has 0 fully saturated rings. The third kappa shape index (κ3) is 7.90. The van der Waals surface area contributed by atoms with Crippen molar-refractivity contribution in [1.29, 1.82) is 0 Å². The summed E-state index contributed by atoms with van der Waals surface area (Å²) < 4.78 is 5.24. The Kier molecular flexibility index (Phi) is 10.4. The van der Waals surface area contributed by atoms with Crippen molar-refractivity contribution in [2.75, 3.05) is 0 Å². The van der Waals surface area contributed by atoms with E-state index in [1.54, 1.807) is 25.2 Å². The van der Waals surface area contributed by atoms with Gasteiger partial charge in [0.05, 0.1) is 5.69 Å². The fourth-order valence-electron chi connectivity index (χ4n) is 6.64. The first kappa shape index (κ1) is 36.1. The molecule has 0 spiro atoms. The molecule has 0 atom stereocenters. The summed E-state index contributed by atoms with van der Waals surface area (Å²) in [7, 11) is 0. The Morgan fingerprint density at radius 3 is 1.47 bits per heavy atom. The second-order valence-corrected chi connectivity index (χ2v) is 14.1. The van der Waals surface area contributed by atoms with Crippen LogP contribution in [0.1, 0.15) is 11.3 Å². The molecule has 0 unspecified atom stereocenters. The van der Waals surface area contributed by atoms with Crippen LogP contribution < -0.4 is 0 Å². The van der Waals surface area contributed by atoms with Gasteiger partial charge in [0.25, 0.3) is 0 Å². The molecule has 0 radical (unpaired) electrons. The number of halogens is 1. The number of fused-ring (bicyclic) bond motifs is 6. The first-order chi connectivity index (χ1) is 28.7. The fraction of sp³-hybridized carbons (Fsp3) is 0.0217. The Hall–Kier alpha value is -7.57. The number of nitrogens with zero attached hydrogens (tertiary/aromatic N) is 11. The summed E-state index contributed by atoms with van der Waals surface area (Å²) in [6.45, 7) is 0. The second-order valence-electron chi connectivity index (χ2n) is 13.2. The largest absolute Gasteiger partial charge is 0.301 e. The van der Waals surface area contributed by atoms with Crippen molar-refractivity contribution >= 4 is 76.4 Å². The van der Waals surface area contributed by atoms with Gasteiger partial charge in [-0.3, -0.25) is 15.0 Å². The third-order valence-electron chi connectivity index (χ3n) is 9.54. The lowest BCUT2D eigenvalue weighted by Crippen LogP contribution is -1.93. The van der Waals surface area contributed by atoms with Crippen LogP contribution in [0.4, 0.5) is 0 Å². The fourth-order valence-corrected chi connectivity index (χ4v) is 7.02. The summed E-state index contributed by atoms with van der Waals surface area (Å²) in [5.41, 5.74) is 6.33. The summed E-state index contributed by atoms with van der Waals surface area (Å²) >= 11 is 3.41. The summed E-state index contributed by atoms with van der Waals surface area (Å²) in [6.07, 6.45) is 30.4. The van der Waals surface area contributed by atoms with Crippen LogP contribution in [-0.2, 0) is 6.42 Å². The predicted octanol–water partition coefficient (Wildman–Crippen LogP) is 9.98. The molecule has 3 aromatic carbocycles. The van der Waals surface area contributed by atoms with E-state index in [-0.39, 0.29) is 0 Å². The molecule has 11 aromatic rings. The quantitative estimate of drug-likeness (QED) is 0.168. The molecule has 8 heterocycles. The van der Waals surface area contributed by atoms with Gasteiger partial charge >= 0.3 is 0 Å². The molecule has 0 amide bonds. The van der Waals surface area contributed by atoms with E-state index >= 15 is 0 Å². The Balaban J connectivity index is 0.000000105. The lowest BCUT2D eigenvalue weighted by atomic mass is 10.1. The van der Waals surface area contributed by atoms with E-state index < -0.39 is 0 Å². The maximum atomic E-state index is 4.34. The molecule has 12 heteroatoms. The van der Waals surface area contributed by atoms with E-state index in [0.717, 1.165) is 66.4 Å². The number of pyridine rings is 3. The number of hydrogen-bond acceptors (Lipinski definition) is 9. The van der Waals surface area contributed by atoms with Gasteiger partial charge < -0.3 is 9.13 Å². The van der Waals surface area contributed by atoms with Gasteiger partial charge in [0.15, 0.2) is 0 Å². The molecule has 0 saturated heterocycles. The zero-order valence-electron chi connectivity index (χ0n) is 30.8. The van der Waals surface area contributed by atoms with Crippen LogP contribution in [0.5, 0.6) is 0 Å². The molecule has 1 aliphatic rings. The maximum absolute atomic E-state index is 4.34. The normalized spacial score (nSPS) is 11.4. The highest BCUT2D eigenvalue weighted by molar-refractivity contribution is 9.10. The van der Waals surface area contributed by atoms with Gasteiger partial charge in [0.2, 0.25) is 0 Å². The minimum Gasteiger partial charge on any atom is -0.301 e. The van der Waals surface area contributed by atoms with Crippen molar-refractivity contribution in [2.24, 2.45) is 0 Å². The van der Waals surface area contributed by atoms with Crippen LogP contribution in [0.15, 0.2) is 183 Å². The molecule has 11 nitrogen and oxygen atoms in total. The van der Waals surface area contributed by atoms with Crippen LogP contribution in [0.2, 0.25) is 0 Å². The minimum absolute atomic E-state index is 0.920. The first-order valence-electron chi connectivity index (χ1n) is 18.3. The van der Waals surface area contributed by atoms with Gasteiger partial charge in [-0.05, 0) is 82.9 Å². The molecule has 1 aliphatic carbocycles. The van der Waals surface area contributed by atoms with Gasteiger partial charge in [-0.1, -0.05) is 46.3 Å². The van der Waals surface area contributed by atoms with Crippen molar-refractivity contribution in [3.63, 3.8) is 0 Å². The van der Waals surface area contributed by atoms with Crippen LogP contribution in [0.25, 0.3) is 71.8 Å². The second kappa shape index (κ2) is 16.7. The Morgan fingerprint density at radius 1 is 0.431 bits per heavy atom. The number of allylic oxidation sites excluding steroid dienone is 1. The zero-order chi connectivity index (χ0) is 39.1. The molecular weight excluding hydrogens is 786 g/mol. The van der Waals surface area contributed by atoms with Crippen LogP contribution in [0, 0.1) is 0 Å². The van der Waals surface area contributed by atoms with E-state index in [2.05, 4.69) is 125 Å². The molecule has 0 aliphatic heterocycles. The Labute approximate surface area is 340 Å². The standard InChI is InChI=1S/2C15H10N4.C9H6BrN.C7H6N2/c2*1-2-14(7-11-3-5-16-8-12(1)11)19-6-4-13-9-17-10-18-15(13)19;10-9-2-1-8-6-11-4-3-7(8)5-9;1-2-6-4-8-5-9-7(6)3-1/h2*1-10H;1-6H;1-2,4-5H,3H2. The summed E-state index contributed by atoms with van der Waals surface area (Å²) in [5, 5.41) is 9.08. The highest BCUT2D eigenvalue weighted by Gasteiger charge is 2.07. The molecular formula is C46H32BrN11. The van der Waals surface area contributed by atoms with Crippen molar-refractivity contribution in [3.8, 4) is 11.4 Å². The van der Waals surface area contributed by atoms with Gasteiger partial charge in [-0.15, -0.1) is 0 Å². The molecule has 278 valence electrons. The predicted molar refractivity (Wildman–Crippen MR) is 233 cm³/mol. The number of aromatic nitrogens is 11.